The average Bonchev–Trinajstić information content (AvgIpc) is 2.05. The third-order valence-electron chi connectivity index (χ3n) is 1.08. The van der Waals surface area contributed by atoms with E-state index in [4.69, 9.17) is 10.3 Å². The summed E-state index contributed by atoms with van der Waals surface area (Å²) in [5.74, 6) is -1.01. The number of hydrogen-bond acceptors (Lipinski definition) is 4. The van der Waals surface area contributed by atoms with Crippen LogP contribution in [0, 0.1) is 0 Å². The number of carbonyl (C=O) groups is 1. The van der Waals surface area contributed by atoms with E-state index in [2.05, 4.69) is 4.98 Å². The maximum atomic E-state index is 10.3. The van der Waals surface area contributed by atoms with Crippen LogP contribution < -0.4 is 5.48 Å². The van der Waals surface area contributed by atoms with Gasteiger partial charge in [0, 0.05) is 0 Å². The first-order valence-corrected chi connectivity index (χ1v) is 2.84. The van der Waals surface area contributed by atoms with Gasteiger partial charge in [0.15, 0.2) is 5.69 Å². The molecule has 0 aliphatic rings. The lowest BCUT2D eigenvalue weighted by atomic mass is 10.3. The van der Waals surface area contributed by atoms with Gasteiger partial charge in [-0.15, -0.1) is 0 Å². The summed E-state index contributed by atoms with van der Waals surface area (Å²) < 4.78 is 0. The van der Waals surface area contributed by atoms with Crippen molar-refractivity contribution in [1.29, 1.82) is 0 Å². The third kappa shape index (κ3) is 1.65. The molecule has 1 rings (SSSR count). The summed E-state index contributed by atoms with van der Waals surface area (Å²) in [6.07, 6.45) is 0. The number of aromatic nitrogens is 1. The number of nitrogens with one attached hydrogen (secondary N) is 1. The van der Waals surface area contributed by atoms with E-state index in [0.29, 0.717) is 0 Å². The van der Waals surface area contributed by atoms with Crippen LogP contribution in [0.5, 0.6) is 0 Å². The number of anilines is 1. The molecule has 1 aromatic rings. The first kappa shape index (κ1) is 7.49. The van der Waals surface area contributed by atoms with Crippen LogP contribution in [-0.4, -0.2) is 21.3 Å². The van der Waals surface area contributed by atoms with Gasteiger partial charge in [-0.2, -0.15) is 0 Å². The van der Waals surface area contributed by atoms with E-state index >= 15 is 0 Å². The largest absolute Gasteiger partial charge is 0.477 e. The minimum atomic E-state index is -1.12. The van der Waals surface area contributed by atoms with Crippen molar-refractivity contribution in [3.63, 3.8) is 0 Å². The molecule has 0 aromatic carbocycles. The number of nitrogens with zero attached hydrogens (tertiary/aromatic N) is 1. The second-order valence-corrected chi connectivity index (χ2v) is 1.83. The molecule has 0 bridgehead atoms. The average molecular weight is 154 g/mol. The van der Waals surface area contributed by atoms with E-state index < -0.39 is 5.97 Å². The van der Waals surface area contributed by atoms with E-state index in [-0.39, 0.29) is 11.5 Å². The first-order chi connectivity index (χ1) is 5.24. The molecule has 0 spiro atoms. The summed E-state index contributed by atoms with van der Waals surface area (Å²) >= 11 is 0. The monoisotopic (exact) mass is 154 g/mol. The third-order valence-corrected chi connectivity index (χ3v) is 1.08. The minimum Gasteiger partial charge on any atom is -0.477 e. The van der Waals surface area contributed by atoms with Crippen molar-refractivity contribution >= 4 is 11.8 Å². The zero-order chi connectivity index (χ0) is 8.27. The molecule has 0 fully saturated rings. The molecule has 1 aromatic heterocycles. The van der Waals surface area contributed by atoms with Crippen LogP contribution >= 0.6 is 0 Å². The molecular formula is C6H6N2O3. The summed E-state index contributed by atoms with van der Waals surface area (Å²) in [5, 5.41) is 16.8. The van der Waals surface area contributed by atoms with Gasteiger partial charge in [0.05, 0.1) is 0 Å². The molecule has 0 unspecified atom stereocenters. The molecule has 0 amide bonds. The number of hydrogen-bond donors (Lipinski definition) is 3. The summed E-state index contributed by atoms with van der Waals surface area (Å²) in [6, 6.07) is 4.27. The quantitative estimate of drug-likeness (QED) is 0.543. The molecule has 0 atom stereocenters. The molecule has 3 N–H and O–H groups in total. The van der Waals surface area contributed by atoms with Crippen molar-refractivity contribution in [2.24, 2.45) is 0 Å². The molecule has 0 aliphatic carbocycles. The van der Waals surface area contributed by atoms with Crippen LogP contribution in [0.3, 0.4) is 0 Å². The molecule has 0 radical (unpaired) electrons. The summed E-state index contributed by atoms with van der Waals surface area (Å²) in [4.78, 5) is 13.8. The molecule has 5 nitrogen and oxygen atoms in total. The van der Waals surface area contributed by atoms with Gasteiger partial charge >= 0.3 is 5.97 Å². The Bertz CT molecular complexity index is 274. The van der Waals surface area contributed by atoms with Crippen molar-refractivity contribution in [3.8, 4) is 0 Å². The fourth-order valence-corrected chi connectivity index (χ4v) is 0.616. The Morgan fingerprint density at radius 3 is 2.82 bits per heavy atom. The van der Waals surface area contributed by atoms with E-state index in [0.717, 1.165) is 0 Å². The van der Waals surface area contributed by atoms with Crippen LogP contribution in [0.4, 0.5) is 5.82 Å². The van der Waals surface area contributed by atoms with Gasteiger partial charge in [-0.3, -0.25) is 10.7 Å². The standard InChI is InChI=1S/C6H6N2O3/c9-6(10)4-2-1-3-5(7-4)8-11/h1-3,11H,(H,7,8)(H,9,10). The molecule has 0 saturated heterocycles. The molecule has 0 saturated carbocycles. The number of pyridine rings is 1. The van der Waals surface area contributed by atoms with Crippen LogP contribution in [0.2, 0.25) is 0 Å². The predicted octanol–water partition coefficient (Wildman–Crippen LogP) is 0.581. The second-order valence-electron chi connectivity index (χ2n) is 1.83. The fourth-order valence-electron chi connectivity index (χ4n) is 0.616. The predicted molar refractivity (Wildman–Crippen MR) is 36.6 cm³/mol. The Labute approximate surface area is 62.3 Å². The van der Waals surface area contributed by atoms with Crippen LogP contribution in [-0.2, 0) is 0 Å². The Morgan fingerprint density at radius 1 is 1.55 bits per heavy atom. The van der Waals surface area contributed by atoms with Gasteiger partial charge in [-0.05, 0) is 12.1 Å². The zero-order valence-electron chi connectivity index (χ0n) is 5.48. The number of carboxylic acids is 1. The minimum absolute atomic E-state index is 0.107. The molecule has 11 heavy (non-hydrogen) atoms. The second kappa shape index (κ2) is 2.98. The van der Waals surface area contributed by atoms with Crippen LogP contribution in [0.25, 0.3) is 0 Å². The summed E-state index contributed by atoms with van der Waals surface area (Å²) in [6.45, 7) is 0. The van der Waals surface area contributed by atoms with Crippen LogP contribution in [0.1, 0.15) is 10.5 Å². The molecule has 0 aliphatic heterocycles. The highest BCUT2D eigenvalue weighted by atomic mass is 16.5. The molecule has 1 heterocycles. The smallest absolute Gasteiger partial charge is 0.354 e. The normalized spacial score (nSPS) is 9.18. The van der Waals surface area contributed by atoms with Gasteiger partial charge < -0.3 is 5.11 Å². The molecular weight excluding hydrogens is 148 g/mol. The maximum Gasteiger partial charge on any atom is 0.354 e. The Morgan fingerprint density at radius 2 is 2.27 bits per heavy atom. The van der Waals surface area contributed by atoms with Crippen molar-refractivity contribution in [3.05, 3.63) is 23.9 Å². The SMILES string of the molecule is O=C(O)c1cccc(NO)n1. The number of rotatable bonds is 2. The number of aromatic carboxylic acids is 1. The Kier molecular flexibility index (Phi) is 2.03. The molecule has 5 heteroatoms. The Hall–Kier alpha value is -1.62. The Balaban J connectivity index is 3.01. The lowest BCUT2D eigenvalue weighted by molar-refractivity contribution is 0.0690. The lowest BCUT2D eigenvalue weighted by Crippen LogP contribution is -2.02. The van der Waals surface area contributed by atoms with Gasteiger partial charge in [0.2, 0.25) is 0 Å². The summed E-state index contributed by atoms with van der Waals surface area (Å²) in [5.41, 5.74) is 1.64. The highest BCUT2D eigenvalue weighted by Gasteiger charge is 2.03. The zero-order valence-corrected chi connectivity index (χ0v) is 5.48. The first-order valence-electron chi connectivity index (χ1n) is 2.84. The lowest BCUT2D eigenvalue weighted by Gasteiger charge is -1.97. The van der Waals surface area contributed by atoms with Crippen LogP contribution in [0.15, 0.2) is 18.2 Å². The van der Waals surface area contributed by atoms with E-state index in [9.17, 15) is 4.79 Å². The number of carboxylic acid groups (broad SMARTS) is 1. The van der Waals surface area contributed by atoms with Gasteiger partial charge in [-0.25, -0.2) is 9.78 Å². The summed E-state index contributed by atoms with van der Waals surface area (Å²) in [7, 11) is 0. The van der Waals surface area contributed by atoms with Crippen molar-refractivity contribution < 1.29 is 15.1 Å². The van der Waals surface area contributed by atoms with Crippen molar-refractivity contribution in [1.82, 2.24) is 4.98 Å². The van der Waals surface area contributed by atoms with E-state index in [1.807, 2.05) is 0 Å². The topological polar surface area (TPSA) is 82.5 Å². The van der Waals surface area contributed by atoms with E-state index in [1.54, 1.807) is 5.48 Å². The highest BCUT2D eigenvalue weighted by molar-refractivity contribution is 5.85. The highest BCUT2D eigenvalue weighted by Crippen LogP contribution is 2.02. The van der Waals surface area contributed by atoms with Gasteiger partial charge in [0.1, 0.15) is 5.82 Å². The van der Waals surface area contributed by atoms with Gasteiger partial charge in [0.25, 0.3) is 0 Å². The molecule has 58 valence electrons. The fraction of sp³-hybridized carbons (Fsp3) is 0. The maximum absolute atomic E-state index is 10.3. The van der Waals surface area contributed by atoms with Crippen molar-refractivity contribution in [2.75, 3.05) is 5.48 Å². The van der Waals surface area contributed by atoms with Gasteiger partial charge in [-0.1, -0.05) is 6.07 Å². The van der Waals surface area contributed by atoms with E-state index in [1.165, 1.54) is 18.2 Å². The van der Waals surface area contributed by atoms with Crippen molar-refractivity contribution in [2.45, 2.75) is 0 Å².